The molecule has 172 valence electrons. The number of benzene rings is 2. The van der Waals surface area contributed by atoms with Gasteiger partial charge in [0.25, 0.3) is 0 Å². The van der Waals surface area contributed by atoms with E-state index in [1.165, 1.54) is 11.3 Å². The van der Waals surface area contributed by atoms with E-state index in [1.807, 2.05) is 12.3 Å². The van der Waals surface area contributed by atoms with Crippen molar-refractivity contribution in [2.75, 3.05) is 37.8 Å². The van der Waals surface area contributed by atoms with Gasteiger partial charge in [0.05, 0.1) is 30.9 Å². The maximum absolute atomic E-state index is 9.50. The van der Waals surface area contributed by atoms with Crippen LogP contribution in [0.15, 0.2) is 42.6 Å². The van der Waals surface area contributed by atoms with Gasteiger partial charge in [0.2, 0.25) is 0 Å². The van der Waals surface area contributed by atoms with E-state index in [0.717, 1.165) is 66.6 Å². The van der Waals surface area contributed by atoms with Gasteiger partial charge >= 0.3 is 0 Å². The second-order valence-electron chi connectivity index (χ2n) is 8.98. The maximum atomic E-state index is 9.50. The van der Waals surface area contributed by atoms with Crippen molar-refractivity contribution in [3.63, 3.8) is 0 Å². The van der Waals surface area contributed by atoms with E-state index in [4.69, 9.17) is 14.2 Å². The van der Waals surface area contributed by atoms with Gasteiger partial charge in [-0.3, -0.25) is 0 Å². The molecule has 3 aromatic rings. The number of nitrogens with one attached hydrogen (secondary N) is 1. The maximum Gasteiger partial charge on any atom is 0.157 e. The SMILES string of the molecule is Cc1ccc(C2CCCN(c3cccc(OCCCC4OCCO4)c3)C2)c2[nH]cc(C#N)c12. The first-order chi connectivity index (χ1) is 16.2. The van der Waals surface area contributed by atoms with E-state index >= 15 is 0 Å². The van der Waals surface area contributed by atoms with Crippen molar-refractivity contribution in [1.29, 1.82) is 5.26 Å². The van der Waals surface area contributed by atoms with E-state index in [9.17, 15) is 5.26 Å². The summed E-state index contributed by atoms with van der Waals surface area (Å²) in [6, 6.07) is 15.1. The average molecular weight is 446 g/mol. The molecule has 0 bridgehead atoms. The number of rotatable bonds is 7. The molecule has 6 heteroatoms. The molecule has 0 aliphatic carbocycles. The third kappa shape index (κ3) is 4.71. The highest BCUT2D eigenvalue weighted by molar-refractivity contribution is 5.91. The highest BCUT2D eigenvalue weighted by Gasteiger charge is 2.25. The molecule has 3 heterocycles. The molecule has 2 aliphatic heterocycles. The molecule has 33 heavy (non-hydrogen) atoms. The fourth-order valence-electron chi connectivity index (χ4n) is 5.12. The van der Waals surface area contributed by atoms with Crippen LogP contribution in [0.3, 0.4) is 0 Å². The van der Waals surface area contributed by atoms with Crippen molar-refractivity contribution < 1.29 is 14.2 Å². The summed E-state index contributed by atoms with van der Waals surface area (Å²) < 4.78 is 17.0. The van der Waals surface area contributed by atoms with Crippen LogP contribution in [0.25, 0.3) is 10.9 Å². The summed E-state index contributed by atoms with van der Waals surface area (Å²) in [6.07, 6.45) is 5.83. The Kier molecular flexibility index (Phi) is 6.52. The van der Waals surface area contributed by atoms with Crippen LogP contribution in [0.1, 0.15) is 48.3 Å². The fourth-order valence-corrected chi connectivity index (χ4v) is 5.12. The van der Waals surface area contributed by atoms with Crippen molar-refractivity contribution in [2.24, 2.45) is 0 Å². The molecule has 2 fully saturated rings. The number of fused-ring (bicyclic) bond motifs is 1. The number of H-pyrrole nitrogens is 1. The molecule has 1 N–H and O–H groups in total. The summed E-state index contributed by atoms with van der Waals surface area (Å²) in [4.78, 5) is 5.84. The van der Waals surface area contributed by atoms with Crippen LogP contribution in [0.2, 0.25) is 0 Å². The van der Waals surface area contributed by atoms with Crippen molar-refractivity contribution in [3.8, 4) is 11.8 Å². The predicted octanol–water partition coefficient (Wildman–Crippen LogP) is 5.26. The Morgan fingerprint density at radius 1 is 1.21 bits per heavy atom. The Labute approximate surface area is 195 Å². The number of ether oxygens (including phenoxy) is 3. The topological polar surface area (TPSA) is 70.5 Å². The summed E-state index contributed by atoms with van der Waals surface area (Å²) in [5.41, 5.74) is 5.51. The highest BCUT2D eigenvalue weighted by atomic mass is 16.7. The summed E-state index contributed by atoms with van der Waals surface area (Å²) in [5.74, 6) is 1.33. The normalized spacial score (nSPS) is 19.2. The monoisotopic (exact) mass is 445 g/mol. The lowest BCUT2D eigenvalue weighted by Gasteiger charge is -2.35. The molecule has 0 radical (unpaired) electrons. The summed E-state index contributed by atoms with van der Waals surface area (Å²) >= 11 is 0. The number of aryl methyl sites for hydroxylation is 1. The Hall–Kier alpha value is -3.01. The molecule has 0 amide bonds. The Balaban J connectivity index is 1.26. The zero-order chi connectivity index (χ0) is 22.6. The highest BCUT2D eigenvalue weighted by Crippen LogP contribution is 2.36. The minimum atomic E-state index is -0.0673. The smallest absolute Gasteiger partial charge is 0.157 e. The van der Waals surface area contributed by atoms with E-state index in [-0.39, 0.29) is 6.29 Å². The second kappa shape index (κ2) is 9.86. The van der Waals surface area contributed by atoms with Crippen molar-refractivity contribution in [1.82, 2.24) is 4.98 Å². The van der Waals surface area contributed by atoms with E-state index < -0.39 is 0 Å². The molecule has 0 saturated carbocycles. The number of aromatic nitrogens is 1. The zero-order valence-corrected chi connectivity index (χ0v) is 19.2. The van der Waals surface area contributed by atoms with Gasteiger partial charge in [-0.05, 0) is 49.4 Å². The van der Waals surface area contributed by atoms with Gasteiger partial charge in [0, 0.05) is 48.8 Å². The molecule has 6 nitrogen and oxygen atoms in total. The molecule has 2 saturated heterocycles. The number of nitriles is 1. The lowest BCUT2D eigenvalue weighted by molar-refractivity contribution is -0.0492. The average Bonchev–Trinajstić information content (AvgIpc) is 3.53. The first-order valence-electron chi connectivity index (χ1n) is 11.9. The van der Waals surface area contributed by atoms with Crippen LogP contribution in [0.5, 0.6) is 5.75 Å². The minimum absolute atomic E-state index is 0.0673. The molecule has 2 aromatic carbocycles. The first-order valence-corrected chi connectivity index (χ1v) is 11.9. The molecule has 2 aliphatic rings. The Morgan fingerprint density at radius 2 is 2.09 bits per heavy atom. The van der Waals surface area contributed by atoms with Gasteiger partial charge in [-0.2, -0.15) is 5.26 Å². The number of hydrogen-bond acceptors (Lipinski definition) is 5. The molecule has 5 rings (SSSR count). The Morgan fingerprint density at radius 3 is 2.94 bits per heavy atom. The third-order valence-corrected chi connectivity index (χ3v) is 6.78. The molecule has 1 atom stereocenters. The predicted molar refractivity (Wildman–Crippen MR) is 129 cm³/mol. The van der Waals surface area contributed by atoms with Crippen LogP contribution >= 0.6 is 0 Å². The lowest BCUT2D eigenvalue weighted by atomic mass is 9.88. The van der Waals surface area contributed by atoms with E-state index in [2.05, 4.69) is 53.2 Å². The summed E-state index contributed by atoms with van der Waals surface area (Å²) in [6.45, 7) is 6.13. The van der Waals surface area contributed by atoms with Gasteiger partial charge in [0.15, 0.2) is 6.29 Å². The number of aromatic amines is 1. The fraction of sp³-hybridized carbons (Fsp3) is 0.444. The van der Waals surface area contributed by atoms with Gasteiger partial charge < -0.3 is 24.1 Å². The molecule has 1 unspecified atom stereocenters. The molecular formula is C27H31N3O3. The van der Waals surface area contributed by atoms with Crippen LogP contribution in [-0.4, -0.2) is 44.2 Å². The van der Waals surface area contributed by atoms with E-state index in [1.54, 1.807) is 0 Å². The molecular weight excluding hydrogens is 414 g/mol. The van der Waals surface area contributed by atoms with Crippen LogP contribution in [0.4, 0.5) is 5.69 Å². The van der Waals surface area contributed by atoms with Gasteiger partial charge in [0.1, 0.15) is 11.8 Å². The summed E-state index contributed by atoms with van der Waals surface area (Å²) in [5, 5.41) is 10.6. The Bertz CT molecular complexity index is 1140. The van der Waals surface area contributed by atoms with Gasteiger partial charge in [-0.15, -0.1) is 0 Å². The van der Waals surface area contributed by atoms with Crippen molar-refractivity contribution in [3.05, 3.63) is 59.3 Å². The quantitative estimate of drug-likeness (QED) is 0.502. The standard InChI is InChI=1S/C27H31N3O3/c1-19-9-10-24(27-26(19)21(16-28)17-29-27)20-5-3-11-30(18-20)22-6-2-7-23(15-22)31-12-4-8-25-32-13-14-33-25/h2,6-7,9-10,15,17,20,25,29H,3-5,8,11-14,18H2,1H3. The van der Waals surface area contributed by atoms with Crippen molar-refractivity contribution in [2.45, 2.75) is 44.8 Å². The van der Waals surface area contributed by atoms with Crippen LogP contribution in [-0.2, 0) is 9.47 Å². The van der Waals surface area contributed by atoms with Crippen molar-refractivity contribution >= 4 is 16.6 Å². The summed E-state index contributed by atoms with van der Waals surface area (Å²) in [7, 11) is 0. The largest absolute Gasteiger partial charge is 0.494 e. The number of nitrogens with zero attached hydrogens (tertiary/aromatic N) is 2. The van der Waals surface area contributed by atoms with Gasteiger partial charge in [-0.1, -0.05) is 18.2 Å². The molecule has 0 spiro atoms. The number of anilines is 1. The lowest BCUT2D eigenvalue weighted by Crippen LogP contribution is -2.34. The molecule has 1 aromatic heterocycles. The number of piperidine rings is 1. The van der Waals surface area contributed by atoms with Crippen LogP contribution < -0.4 is 9.64 Å². The van der Waals surface area contributed by atoms with Gasteiger partial charge in [-0.25, -0.2) is 0 Å². The number of hydrogen-bond donors (Lipinski definition) is 1. The van der Waals surface area contributed by atoms with Crippen LogP contribution in [0, 0.1) is 18.3 Å². The second-order valence-corrected chi connectivity index (χ2v) is 8.98. The zero-order valence-electron chi connectivity index (χ0n) is 19.2. The first kappa shape index (κ1) is 21.8. The third-order valence-electron chi connectivity index (χ3n) is 6.78. The minimum Gasteiger partial charge on any atom is -0.494 e. The van der Waals surface area contributed by atoms with E-state index in [0.29, 0.717) is 25.7 Å².